The zero-order chi connectivity index (χ0) is 9.83. The maximum absolute atomic E-state index is 11.2. The van der Waals surface area contributed by atoms with Crippen LogP contribution < -0.4 is 0 Å². The molecule has 0 atom stereocenters. The normalized spacial score (nSPS) is 13.3. The van der Waals surface area contributed by atoms with Crippen molar-refractivity contribution in [2.75, 3.05) is 11.5 Å². The molecule has 0 aliphatic rings. The van der Waals surface area contributed by atoms with E-state index in [-0.39, 0.29) is 11.2 Å². The quantitative estimate of drug-likeness (QED) is 0.669. The molecule has 0 aromatic heterocycles. The van der Waals surface area contributed by atoms with Gasteiger partial charge in [-0.25, -0.2) is 8.42 Å². The fourth-order valence-corrected chi connectivity index (χ4v) is 1.91. The first kappa shape index (κ1) is 11.9. The summed E-state index contributed by atoms with van der Waals surface area (Å²) >= 11 is 0. The summed E-state index contributed by atoms with van der Waals surface area (Å²) in [5, 5.41) is 0. The topological polar surface area (TPSA) is 34.1 Å². The molecule has 0 aromatic carbocycles. The van der Waals surface area contributed by atoms with Gasteiger partial charge in [-0.3, -0.25) is 0 Å². The third-order valence-corrected chi connectivity index (χ3v) is 4.19. The van der Waals surface area contributed by atoms with Crippen LogP contribution in [0.5, 0.6) is 0 Å². The molecule has 0 unspecified atom stereocenters. The van der Waals surface area contributed by atoms with Crippen molar-refractivity contribution in [2.24, 2.45) is 5.41 Å². The molecule has 0 spiro atoms. The molecule has 0 aliphatic carbocycles. The lowest BCUT2D eigenvalue weighted by atomic mass is 9.87. The Morgan fingerprint density at radius 2 is 1.67 bits per heavy atom. The van der Waals surface area contributed by atoms with Gasteiger partial charge in [-0.15, -0.1) is 0 Å². The summed E-state index contributed by atoms with van der Waals surface area (Å²) in [6.07, 6.45) is 1.81. The average Bonchev–Trinajstić information content (AvgIpc) is 2.02. The molecule has 0 saturated heterocycles. The fraction of sp³-hybridized carbons (Fsp3) is 1.00. The highest BCUT2D eigenvalue weighted by Gasteiger charge is 2.18. The van der Waals surface area contributed by atoms with E-state index in [0.717, 1.165) is 12.8 Å². The second kappa shape index (κ2) is 4.26. The van der Waals surface area contributed by atoms with E-state index in [4.69, 9.17) is 0 Å². The van der Waals surface area contributed by atoms with Gasteiger partial charge in [-0.1, -0.05) is 34.1 Å². The van der Waals surface area contributed by atoms with Gasteiger partial charge >= 0.3 is 0 Å². The lowest BCUT2D eigenvalue weighted by molar-refractivity contribution is 0.338. The Hall–Kier alpha value is -0.0500. The van der Waals surface area contributed by atoms with E-state index in [1.807, 2.05) is 0 Å². The smallest absolute Gasteiger partial charge is 0.150 e. The Labute approximate surface area is 76.3 Å². The molecule has 0 bridgehead atoms. The van der Waals surface area contributed by atoms with Crippen LogP contribution in [0.2, 0.25) is 0 Å². The maximum Gasteiger partial charge on any atom is 0.150 e. The van der Waals surface area contributed by atoms with E-state index in [0.29, 0.717) is 5.75 Å². The van der Waals surface area contributed by atoms with Crippen LogP contribution in [-0.4, -0.2) is 19.9 Å². The summed E-state index contributed by atoms with van der Waals surface area (Å²) in [6, 6.07) is 0. The van der Waals surface area contributed by atoms with Gasteiger partial charge in [0.25, 0.3) is 0 Å². The zero-order valence-corrected chi connectivity index (χ0v) is 9.37. The first-order valence-corrected chi connectivity index (χ1v) is 6.35. The molecule has 0 N–H and O–H groups in total. The Morgan fingerprint density at radius 1 is 1.17 bits per heavy atom. The van der Waals surface area contributed by atoms with Crippen molar-refractivity contribution < 1.29 is 8.42 Å². The van der Waals surface area contributed by atoms with E-state index in [1.54, 1.807) is 6.92 Å². The Kier molecular flexibility index (Phi) is 4.24. The van der Waals surface area contributed by atoms with E-state index >= 15 is 0 Å². The minimum atomic E-state index is -2.76. The van der Waals surface area contributed by atoms with Gasteiger partial charge < -0.3 is 0 Å². The van der Waals surface area contributed by atoms with Crippen molar-refractivity contribution in [3.8, 4) is 0 Å². The molecular weight excluding hydrogens is 172 g/mol. The van der Waals surface area contributed by atoms with Crippen LogP contribution in [0.1, 0.15) is 40.5 Å². The summed E-state index contributed by atoms with van der Waals surface area (Å²) < 4.78 is 22.3. The highest BCUT2D eigenvalue weighted by molar-refractivity contribution is 7.91. The first-order chi connectivity index (χ1) is 5.33. The van der Waals surface area contributed by atoms with Crippen LogP contribution in [0.15, 0.2) is 0 Å². The number of hydrogen-bond acceptors (Lipinski definition) is 2. The molecule has 0 saturated carbocycles. The minimum Gasteiger partial charge on any atom is -0.229 e. The Morgan fingerprint density at radius 3 is 2.00 bits per heavy atom. The Balaban J connectivity index is 4.00. The number of sulfone groups is 1. The zero-order valence-electron chi connectivity index (χ0n) is 8.55. The summed E-state index contributed by atoms with van der Waals surface area (Å²) in [7, 11) is -2.76. The maximum atomic E-state index is 11.2. The van der Waals surface area contributed by atoms with E-state index in [9.17, 15) is 8.42 Å². The SMILES string of the molecule is CCC(C)(C)CCS(=O)(=O)CC. The van der Waals surface area contributed by atoms with Crippen LogP contribution >= 0.6 is 0 Å². The summed E-state index contributed by atoms with van der Waals surface area (Å²) in [4.78, 5) is 0. The third-order valence-electron chi connectivity index (χ3n) is 2.49. The van der Waals surface area contributed by atoms with E-state index in [1.165, 1.54) is 0 Å². The number of hydrogen-bond donors (Lipinski definition) is 0. The largest absolute Gasteiger partial charge is 0.229 e. The molecule has 0 amide bonds. The van der Waals surface area contributed by atoms with Gasteiger partial charge in [-0.05, 0) is 11.8 Å². The molecule has 2 nitrogen and oxygen atoms in total. The second-order valence-corrected chi connectivity index (χ2v) is 6.48. The first-order valence-electron chi connectivity index (χ1n) is 4.53. The van der Waals surface area contributed by atoms with Crippen molar-refractivity contribution >= 4 is 9.84 Å². The van der Waals surface area contributed by atoms with Crippen molar-refractivity contribution in [2.45, 2.75) is 40.5 Å². The lowest BCUT2D eigenvalue weighted by Crippen LogP contribution is -2.18. The monoisotopic (exact) mass is 192 g/mol. The summed E-state index contributed by atoms with van der Waals surface area (Å²) in [5.74, 6) is 0.608. The van der Waals surface area contributed by atoms with Gasteiger partial charge in [0.15, 0.2) is 0 Å². The predicted octanol–water partition coefficient (Wildman–Crippen LogP) is 2.25. The van der Waals surface area contributed by atoms with Gasteiger partial charge in [-0.2, -0.15) is 0 Å². The molecule has 0 aromatic rings. The van der Waals surface area contributed by atoms with Crippen molar-refractivity contribution in [1.82, 2.24) is 0 Å². The van der Waals surface area contributed by atoms with Crippen LogP contribution in [0.3, 0.4) is 0 Å². The average molecular weight is 192 g/mol. The lowest BCUT2D eigenvalue weighted by Gasteiger charge is -2.21. The molecule has 0 heterocycles. The predicted molar refractivity (Wildman–Crippen MR) is 53.0 cm³/mol. The summed E-state index contributed by atoms with van der Waals surface area (Å²) in [6.45, 7) is 8.02. The minimum absolute atomic E-state index is 0.169. The molecule has 0 aliphatic heterocycles. The van der Waals surface area contributed by atoms with Crippen molar-refractivity contribution in [1.29, 1.82) is 0 Å². The van der Waals surface area contributed by atoms with Crippen LogP contribution in [0, 0.1) is 5.41 Å². The summed E-state index contributed by atoms with van der Waals surface area (Å²) in [5.41, 5.74) is 0.169. The molecular formula is C9H20O2S. The van der Waals surface area contributed by atoms with Crippen LogP contribution in [0.4, 0.5) is 0 Å². The Bertz CT molecular complexity index is 215. The molecule has 12 heavy (non-hydrogen) atoms. The third kappa shape index (κ3) is 4.75. The number of rotatable bonds is 5. The fourth-order valence-electron chi connectivity index (χ4n) is 0.753. The van der Waals surface area contributed by atoms with Gasteiger partial charge in [0.2, 0.25) is 0 Å². The molecule has 0 radical (unpaired) electrons. The van der Waals surface area contributed by atoms with E-state index in [2.05, 4.69) is 20.8 Å². The van der Waals surface area contributed by atoms with Crippen LogP contribution in [-0.2, 0) is 9.84 Å². The second-order valence-electron chi connectivity index (χ2n) is 4.00. The highest BCUT2D eigenvalue weighted by atomic mass is 32.2. The molecule has 74 valence electrons. The van der Waals surface area contributed by atoms with Crippen molar-refractivity contribution in [3.05, 3.63) is 0 Å². The van der Waals surface area contributed by atoms with E-state index < -0.39 is 9.84 Å². The van der Waals surface area contributed by atoms with Crippen molar-refractivity contribution in [3.63, 3.8) is 0 Å². The van der Waals surface area contributed by atoms with Gasteiger partial charge in [0.05, 0.1) is 5.75 Å². The van der Waals surface area contributed by atoms with Gasteiger partial charge in [0.1, 0.15) is 9.84 Å². The molecule has 3 heteroatoms. The molecule has 0 fully saturated rings. The molecule has 0 rings (SSSR count). The standard InChI is InChI=1S/C9H20O2S/c1-5-9(3,4)7-8-12(10,11)6-2/h5-8H2,1-4H3. The van der Waals surface area contributed by atoms with Crippen LogP contribution in [0.25, 0.3) is 0 Å². The van der Waals surface area contributed by atoms with Gasteiger partial charge in [0, 0.05) is 5.75 Å². The highest BCUT2D eigenvalue weighted by Crippen LogP contribution is 2.24.